The summed E-state index contributed by atoms with van der Waals surface area (Å²) in [6.45, 7) is 9.09. The minimum Gasteiger partial charge on any atom is -0.497 e. The number of benzene rings is 2. The van der Waals surface area contributed by atoms with Crippen LogP contribution in [0.3, 0.4) is 0 Å². The third-order valence-electron chi connectivity index (χ3n) is 6.40. The molecule has 4 aromatic rings. The number of carbonyl (C=O) groups excluding carboxylic acids is 1. The Morgan fingerprint density at radius 3 is 2.55 bits per heavy atom. The van der Waals surface area contributed by atoms with Crippen LogP contribution in [0.25, 0.3) is 16.9 Å². The van der Waals surface area contributed by atoms with Gasteiger partial charge in [-0.2, -0.15) is 0 Å². The van der Waals surface area contributed by atoms with Gasteiger partial charge in [0.25, 0.3) is 0 Å². The van der Waals surface area contributed by atoms with Crippen LogP contribution in [-0.4, -0.2) is 70.7 Å². The van der Waals surface area contributed by atoms with Gasteiger partial charge in [0, 0.05) is 48.5 Å². The smallest absolute Gasteiger partial charge is 0.412 e. The summed E-state index contributed by atoms with van der Waals surface area (Å²) in [5.74, 6) is 1.16. The number of ether oxygens (including phenoxy) is 3. The highest BCUT2D eigenvalue weighted by molar-refractivity contribution is 5.92. The van der Waals surface area contributed by atoms with Crippen LogP contribution in [-0.2, 0) is 15.9 Å². The molecule has 2 amide bonds. The third kappa shape index (κ3) is 8.51. The Hall–Kier alpha value is -5.04. The van der Waals surface area contributed by atoms with E-state index >= 15 is 0 Å². The molecule has 0 aliphatic rings. The molecule has 0 saturated carbocycles. The molecule has 0 spiro atoms. The van der Waals surface area contributed by atoms with Gasteiger partial charge < -0.3 is 35.3 Å². The van der Waals surface area contributed by atoms with Gasteiger partial charge >= 0.3 is 12.2 Å². The van der Waals surface area contributed by atoms with Crippen molar-refractivity contribution in [2.75, 3.05) is 49.4 Å². The van der Waals surface area contributed by atoms with E-state index in [-0.39, 0.29) is 6.54 Å². The van der Waals surface area contributed by atoms with E-state index in [0.29, 0.717) is 42.7 Å². The van der Waals surface area contributed by atoms with Crippen LogP contribution in [0.2, 0.25) is 0 Å². The predicted octanol–water partition coefficient (Wildman–Crippen LogP) is 5.75. The fraction of sp³-hybridized carbons (Fsp3) is 0.355. The topological polar surface area (TPSA) is 160 Å². The second kappa shape index (κ2) is 14.4. The Balaban J connectivity index is 1.51. The zero-order valence-electron chi connectivity index (χ0n) is 25.6. The summed E-state index contributed by atoms with van der Waals surface area (Å²) >= 11 is 0. The average molecular weight is 606 g/mol. The zero-order chi connectivity index (χ0) is 31.7. The molecule has 5 N–H and O–H groups in total. The number of aryl methyl sites for hydroxylation is 1. The van der Waals surface area contributed by atoms with E-state index in [2.05, 4.69) is 44.2 Å². The molecule has 0 radical (unpaired) electrons. The number of carboxylic acid groups (broad SMARTS) is 1. The second-order valence-electron chi connectivity index (χ2n) is 10.8. The molecule has 0 fully saturated rings. The van der Waals surface area contributed by atoms with Crippen LogP contribution < -0.4 is 26.0 Å². The molecular weight excluding hydrogens is 566 g/mol. The fourth-order valence-corrected chi connectivity index (χ4v) is 4.46. The summed E-state index contributed by atoms with van der Waals surface area (Å²) in [5.41, 5.74) is 4.90. The maximum atomic E-state index is 12.6. The normalized spacial score (nSPS) is 11.2. The number of rotatable bonds is 13. The molecule has 234 valence electrons. The first-order chi connectivity index (χ1) is 21.1. The van der Waals surface area contributed by atoms with Crippen LogP contribution >= 0.6 is 0 Å². The molecule has 13 nitrogen and oxygen atoms in total. The van der Waals surface area contributed by atoms with Crippen LogP contribution in [0.5, 0.6) is 5.75 Å². The van der Waals surface area contributed by atoms with Gasteiger partial charge in [-0.1, -0.05) is 6.92 Å². The molecule has 44 heavy (non-hydrogen) atoms. The van der Waals surface area contributed by atoms with Crippen LogP contribution in [0.4, 0.5) is 32.5 Å². The molecule has 2 aromatic heterocycles. The van der Waals surface area contributed by atoms with E-state index in [1.165, 1.54) is 0 Å². The lowest BCUT2D eigenvalue weighted by Crippen LogP contribution is -2.27. The first-order valence-corrected chi connectivity index (χ1v) is 14.3. The molecule has 0 unspecified atom stereocenters. The molecule has 13 heteroatoms. The van der Waals surface area contributed by atoms with Crippen LogP contribution in [0.15, 0.2) is 55.0 Å². The van der Waals surface area contributed by atoms with E-state index < -0.39 is 17.8 Å². The number of carbonyl (C=O) groups is 2. The minimum atomic E-state index is -1.06. The van der Waals surface area contributed by atoms with Crippen molar-refractivity contribution in [1.82, 2.24) is 19.7 Å². The molecule has 0 aliphatic heterocycles. The van der Waals surface area contributed by atoms with E-state index in [9.17, 15) is 9.59 Å². The Bertz CT molecular complexity index is 1600. The fourth-order valence-electron chi connectivity index (χ4n) is 4.46. The standard InChI is InChI=1S/C31H39N7O6/c1-6-20-17-21(7-10-24(20)32-12-15-43-16-13-34-29(39)40)36-27-28-35-19-26(38(28)14-11-33-27)23-9-8-22(42-5)18-25(23)37-30(41)44-31(2,3)4/h7-11,14,17-19,32,34H,6,12-13,15-16H2,1-5H3,(H,33,36)(H,37,41)(H,39,40). The number of nitrogens with one attached hydrogen (secondary N) is 4. The van der Waals surface area contributed by atoms with Gasteiger partial charge in [-0.3, -0.25) is 9.72 Å². The first kappa shape index (κ1) is 31.9. The molecule has 4 rings (SSSR count). The first-order valence-electron chi connectivity index (χ1n) is 14.3. The number of fused-ring (bicyclic) bond motifs is 1. The van der Waals surface area contributed by atoms with Gasteiger partial charge in [0.1, 0.15) is 11.4 Å². The van der Waals surface area contributed by atoms with Crippen LogP contribution in [0.1, 0.15) is 33.3 Å². The number of nitrogens with zero attached hydrogens (tertiary/aromatic N) is 3. The maximum Gasteiger partial charge on any atom is 0.412 e. The number of hydrogen-bond donors (Lipinski definition) is 5. The molecule has 2 aromatic carbocycles. The van der Waals surface area contributed by atoms with Gasteiger partial charge in [0.05, 0.1) is 37.9 Å². The molecule has 2 heterocycles. The summed E-state index contributed by atoms with van der Waals surface area (Å²) in [4.78, 5) is 32.3. The summed E-state index contributed by atoms with van der Waals surface area (Å²) < 4.78 is 18.2. The predicted molar refractivity (Wildman–Crippen MR) is 169 cm³/mol. The average Bonchev–Trinajstić information content (AvgIpc) is 3.41. The second-order valence-corrected chi connectivity index (χ2v) is 10.8. The Labute approximate surface area is 256 Å². The number of imidazole rings is 1. The summed E-state index contributed by atoms with van der Waals surface area (Å²) in [6.07, 6.45) is 4.40. The van der Waals surface area contributed by atoms with E-state index in [1.54, 1.807) is 46.3 Å². The summed E-state index contributed by atoms with van der Waals surface area (Å²) in [7, 11) is 1.57. The SMILES string of the molecule is CCc1cc(Nc2nccn3c(-c4ccc(OC)cc4NC(=O)OC(C)(C)C)cnc23)ccc1NCCOCCNC(=O)O. The van der Waals surface area contributed by atoms with Gasteiger partial charge in [0.15, 0.2) is 11.5 Å². The van der Waals surface area contributed by atoms with Crippen molar-refractivity contribution in [3.8, 4) is 17.0 Å². The monoisotopic (exact) mass is 605 g/mol. The lowest BCUT2D eigenvalue weighted by molar-refractivity contribution is 0.0636. The molecule has 0 aliphatic carbocycles. The van der Waals surface area contributed by atoms with Crippen LogP contribution in [0, 0.1) is 0 Å². The minimum absolute atomic E-state index is 0.249. The number of hydrogen-bond acceptors (Lipinski definition) is 9. The number of amides is 2. The van der Waals surface area contributed by atoms with Crippen molar-refractivity contribution in [1.29, 1.82) is 0 Å². The Kier molecular flexibility index (Phi) is 10.5. The third-order valence-corrected chi connectivity index (χ3v) is 6.40. The lowest BCUT2D eigenvalue weighted by Gasteiger charge is -2.20. The van der Waals surface area contributed by atoms with Gasteiger partial charge in [-0.05, 0) is 63.1 Å². The highest BCUT2D eigenvalue weighted by Crippen LogP contribution is 2.34. The van der Waals surface area contributed by atoms with E-state index in [0.717, 1.165) is 34.6 Å². The number of anilines is 4. The summed E-state index contributed by atoms with van der Waals surface area (Å²) in [6, 6.07) is 11.4. The Morgan fingerprint density at radius 2 is 1.82 bits per heavy atom. The molecule has 0 atom stereocenters. The number of aromatic nitrogens is 3. The van der Waals surface area contributed by atoms with Crippen molar-refractivity contribution >= 4 is 40.7 Å². The van der Waals surface area contributed by atoms with Crippen molar-refractivity contribution < 1.29 is 28.9 Å². The lowest BCUT2D eigenvalue weighted by atomic mass is 10.1. The van der Waals surface area contributed by atoms with Gasteiger partial charge in [-0.25, -0.2) is 19.6 Å². The molecule has 0 saturated heterocycles. The zero-order valence-corrected chi connectivity index (χ0v) is 25.6. The van der Waals surface area contributed by atoms with Crippen molar-refractivity contribution in [2.24, 2.45) is 0 Å². The van der Waals surface area contributed by atoms with Crippen molar-refractivity contribution in [2.45, 2.75) is 39.7 Å². The van der Waals surface area contributed by atoms with E-state index in [4.69, 9.17) is 19.3 Å². The van der Waals surface area contributed by atoms with Gasteiger partial charge in [-0.15, -0.1) is 0 Å². The number of methoxy groups -OCH3 is 1. The summed E-state index contributed by atoms with van der Waals surface area (Å²) in [5, 5.41) is 20.5. The Morgan fingerprint density at radius 1 is 1.02 bits per heavy atom. The van der Waals surface area contributed by atoms with Crippen molar-refractivity contribution in [3.05, 3.63) is 60.6 Å². The highest BCUT2D eigenvalue weighted by Gasteiger charge is 2.20. The molecule has 0 bridgehead atoms. The molecular formula is C31H39N7O6. The van der Waals surface area contributed by atoms with E-state index in [1.807, 2.05) is 34.9 Å². The quantitative estimate of drug-likeness (QED) is 0.119. The highest BCUT2D eigenvalue weighted by atomic mass is 16.6. The largest absolute Gasteiger partial charge is 0.497 e. The maximum absolute atomic E-state index is 12.6. The van der Waals surface area contributed by atoms with Crippen molar-refractivity contribution in [3.63, 3.8) is 0 Å². The van der Waals surface area contributed by atoms with Gasteiger partial charge in [0.2, 0.25) is 0 Å².